The number of nitrogens with zero attached hydrogens (tertiary/aromatic N) is 2. The number of hydrogen-bond acceptors (Lipinski definition) is 8. The first-order valence-electron chi connectivity index (χ1n) is 13.5. The van der Waals surface area contributed by atoms with Gasteiger partial charge in [-0.25, -0.2) is 17.2 Å². The van der Waals surface area contributed by atoms with Crippen LogP contribution in [0.15, 0.2) is 76.9 Å². The van der Waals surface area contributed by atoms with Gasteiger partial charge in [0.1, 0.15) is 5.75 Å². The summed E-state index contributed by atoms with van der Waals surface area (Å²) in [6, 6.07) is 15.8. The van der Waals surface area contributed by atoms with E-state index in [2.05, 4.69) is 5.16 Å². The van der Waals surface area contributed by atoms with E-state index in [-0.39, 0.29) is 57.5 Å². The molecule has 1 aromatic heterocycles. The fraction of sp³-hybridized carbons (Fsp3) is 0.258. The number of hydrogen-bond donors (Lipinski definition) is 1. The lowest BCUT2D eigenvalue weighted by Gasteiger charge is -2.13. The number of carbonyl (C=O) groups is 2. The van der Waals surface area contributed by atoms with Gasteiger partial charge in [0.25, 0.3) is 10.0 Å². The Balaban J connectivity index is 1.73. The van der Waals surface area contributed by atoms with E-state index in [0.717, 1.165) is 9.54 Å². The van der Waals surface area contributed by atoms with Crippen molar-refractivity contribution in [1.29, 1.82) is 0 Å². The Labute approximate surface area is 255 Å². The van der Waals surface area contributed by atoms with Gasteiger partial charge in [-0.05, 0) is 82.1 Å². The van der Waals surface area contributed by atoms with Crippen LogP contribution < -0.4 is 10.5 Å². The molecule has 0 radical (unpaired) electrons. The Hall–Kier alpha value is -4.35. The van der Waals surface area contributed by atoms with Gasteiger partial charge < -0.3 is 20.0 Å². The molecule has 226 valence electrons. The Morgan fingerprint density at radius 3 is 2.42 bits per heavy atom. The largest absolute Gasteiger partial charge is 0.489 e. The molecule has 0 amide bonds. The molecule has 0 aliphatic heterocycles. The summed E-state index contributed by atoms with van der Waals surface area (Å²) in [5, 5.41) is 4.58. The molecule has 0 saturated heterocycles. The predicted molar refractivity (Wildman–Crippen MR) is 164 cm³/mol. The lowest BCUT2D eigenvalue weighted by Crippen LogP contribution is -2.19. The summed E-state index contributed by atoms with van der Waals surface area (Å²) < 4.78 is 39.2. The van der Waals surface area contributed by atoms with Crippen molar-refractivity contribution in [2.24, 2.45) is 10.9 Å². The second kappa shape index (κ2) is 13.3. The Bertz CT molecular complexity index is 1800. The third-order valence-corrected chi connectivity index (χ3v) is 8.40. The number of fused-ring (bicyclic) bond motifs is 1. The topological polar surface area (TPSA) is 139 Å². The second-order valence-electron chi connectivity index (χ2n) is 9.94. The zero-order valence-electron chi connectivity index (χ0n) is 24.2. The third-order valence-electron chi connectivity index (χ3n) is 6.42. The molecule has 0 bridgehead atoms. The van der Waals surface area contributed by atoms with Crippen LogP contribution in [0.4, 0.5) is 0 Å². The number of ether oxygens (including phenoxy) is 2. The number of carbonyl (C=O) groups excluding carboxylic acids is 2. The molecule has 3 aromatic carbocycles. The summed E-state index contributed by atoms with van der Waals surface area (Å²) in [4.78, 5) is 30.0. The van der Waals surface area contributed by atoms with Crippen LogP contribution in [0.5, 0.6) is 5.75 Å². The van der Waals surface area contributed by atoms with Gasteiger partial charge in [-0.15, -0.1) is 0 Å². The van der Waals surface area contributed by atoms with Crippen molar-refractivity contribution in [1.82, 2.24) is 3.97 Å². The number of esters is 1. The summed E-state index contributed by atoms with van der Waals surface area (Å²) in [7, 11) is -4.06. The molecule has 10 nitrogen and oxygen atoms in total. The monoisotopic (exact) mass is 625 g/mol. The van der Waals surface area contributed by atoms with Crippen LogP contribution in [-0.2, 0) is 30.8 Å². The minimum Gasteiger partial charge on any atom is -0.489 e. The minimum absolute atomic E-state index is 0.0715. The van der Waals surface area contributed by atoms with Crippen molar-refractivity contribution in [3.8, 4) is 5.75 Å². The van der Waals surface area contributed by atoms with Gasteiger partial charge in [0.05, 0.1) is 33.7 Å². The first-order valence-corrected chi connectivity index (χ1v) is 15.4. The molecule has 0 aliphatic rings. The standard InChI is InChI=1S/C31H32ClN3O7S/c1-5-40-28(36)15-10-21-8-13-25(29-24(21)16-17-35(29)43(38,39)23-11-6-20(4)7-12-23)30(33)34-42-31(37)22-9-14-27(26(32)18-22)41-19(2)3/h6-9,11-14,16-19H,5,10,15H2,1-4H3,(H2,33,34). The highest BCUT2D eigenvalue weighted by atomic mass is 35.5. The van der Waals surface area contributed by atoms with Crippen molar-refractivity contribution < 1.29 is 32.3 Å². The van der Waals surface area contributed by atoms with E-state index in [4.69, 9.17) is 31.6 Å². The molecule has 4 aromatic rings. The van der Waals surface area contributed by atoms with Gasteiger partial charge in [0, 0.05) is 23.6 Å². The van der Waals surface area contributed by atoms with Gasteiger partial charge in [0.15, 0.2) is 5.84 Å². The Kier molecular flexibility index (Phi) is 9.77. The molecule has 0 aliphatic carbocycles. The zero-order valence-corrected chi connectivity index (χ0v) is 25.7. The van der Waals surface area contributed by atoms with Gasteiger partial charge in [-0.1, -0.05) is 40.5 Å². The van der Waals surface area contributed by atoms with Crippen molar-refractivity contribution >= 4 is 50.3 Å². The highest BCUT2D eigenvalue weighted by molar-refractivity contribution is 7.90. The first kappa shape index (κ1) is 31.6. The van der Waals surface area contributed by atoms with E-state index in [9.17, 15) is 18.0 Å². The molecule has 0 fully saturated rings. The third kappa shape index (κ3) is 7.18. The molecule has 2 N–H and O–H groups in total. The van der Waals surface area contributed by atoms with Crippen molar-refractivity contribution in [3.63, 3.8) is 0 Å². The molecular formula is C31H32ClN3O7S. The average molecular weight is 626 g/mol. The van der Waals surface area contributed by atoms with E-state index in [0.29, 0.717) is 23.1 Å². The summed E-state index contributed by atoms with van der Waals surface area (Å²) in [6.45, 7) is 7.53. The van der Waals surface area contributed by atoms with E-state index < -0.39 is 16.0 Å². The van der Waals surface area contributed by atoms with E-state index in [1.54, 1.807) is 43.3 Å². The average Bonchev–Trinajstić information content (AvgIpc) is 3.42. The molecule has 1 heterocycles. The lowest BCUT2D eigenvalue weighted by atomic mass is 10.0. The van der Waals surface area contributed by atoms with Crippen LogP contribution in [0.3, 0.4) is 0 Å². The van der Waals surface area contributed by atoms with Gasteiger partial charge >= 0.3 is 11.9 Å². The second-order valence-corrected chi connectivity index (χ2v) is 12.2. The SMILES string of the molecule is CCOC(=O)CCc1ccc(C(N)=NOC(=O)c2ccc(OC(C)C)c(Cl)c2)c2c1ccn2S(=O)(=O)c1ccc(C)cc1. The number of rotatable bonds is 11. The number of oxime groups is 1. The van der Waals surface area contributed by atoms with Gasteiger partial charge in [0.2, 0.25) is 0 Å². The molecular weight excluding hydrogens is 594 g/mol. The molecule has 43 heavy (non-hydrogen) atoms. The molecule has 4 rings (SSSR count). The predicted octanol–water partition coefficient (Wildman–Crippen LogP) is 5.60. The number of amidine groups is 1. The number of halogens is 1. The highest BCUT2D eigenvalue weighted by Gasteiger charge is 2.24. The highest BCUT2D eigenvalue weighted by Crippen LogP contribution is 2.30. The normalized spacial score (nSPS) is 12.0. The molecule has 0 atom stereocenters. The Morgan fingerprint density at radius 2 is 1.77 bits per heavy atom. The summed E-state index contributed by atoms with van der Waals surface area (Å²) in [5.41, 5.74) is 8.43. The fourth-order valence-corrected chi connectivity index (χ4v) is 5.97. The van der Waals surface area contributed by atoms with Crippen LogP contribution in [0.2, 0.25) is 5.02 Å². The fourth-order valence-electron chi connectivity index (χ4n) is 4.38. The maximum atomic E-state index is 13.7. The number of aromatic nitrogens is 1. The molecule has 0 spiro atoms. The van der Waals surface area contributed by atoms with Gasteiger partial charge in [-0.3, -0.25) is 4.79 Å². The number of benzene rings is 3. The molecule has 0 saturated carbocycles. The summed E-state index contributed by atoms with van der Waals surface area (Å²) >= 11 is 6.24. The van der Waals surface area contributed by atoms with Gasteiger partial charge in [-0.2, -0.15) is 0 Å². The van der Waals surface area contributed by atoms with Crippen molar-refractivity contribution in [2.45, 2.75) is 51.5 Å². The smallest absolute Gasteiger partial charge is 0.365 e. The summed E-state index contributed by atoms with van der Waals surface area (Å²) in [6.07, 6.45) is 1.71. The van der Waals surface area contributed by atoms with Crippen LogP contribution in [0.1, 0.15) is 54.2 Å². The molecule has 12 heteroatoms. The van der Waals surface area contributed by atoms with Crippen LogP contribution in [0, 0.1) is 6.92 Å². The Morgan fingerprint density at radius 1 is 1.05 bits per heavy atom. The van der Waals surface area contributed by atoms with Crippen LogP contribution >= 0.6 is 11.6 Å². The van der Waals surface area contributed by atoms with E-state index in [1.807, 2.05) is 20.8 Å². The maximum Gasteiger partial charge on any atom is 0.365 e. The first-order chi connectivity index (χ1) is 20.4. The zero-order chi connectivity index (χ0) is 31.3. The van der Waals surface area contributed by atoms with Crippen LogP contribution in [0.25, 0.3) is 10.9 Å². The number of aryl methyl sites for hydroxylation is 2. The van der Waals surface area contributed by atoms with E-state index in [1.165, 1.54) is 30.5 Å². The minimum atomic E-state index is -4.06. The van der Waals surface area contributed by atoms with Crippen molar-refractivity contribution in [2.75, 3.05) is 6.61 Å². The molecule has 0 unspecified atom stereocenters. The van der Waals surface area contributed by atoms with Crippen molar-refractivity contribution in [3.05, 3.63) is 94.1 Å². The van der Waals surface area contributed by atoms with E-state index >= 15 is 0 Å². The maximum absolute atomic E-state index is 13.7. The number of nitrogens with two attached hydrogens (primary N) is 1. The lowest BCUT2D eigenvalue weighted by molar-refractivity contribution is -0.143. The quantitative estimate of drug-likeness (QED) is 0.0747. The van der Waals surface area contributed by atoms with Crippen LogP contribution in [-0.4, -0.2) is 42.9 Å². The summed E-state index contributed by atoms with van der Waals surface area (Å²) in [5.74, 6) is -1.02.